The van der Waals surface area contributed by atoms with Crippen molar-refractivity contribution in [3.8, 4) is 5.75 Å². The molecule has 1 aromatic heterocycles. The molecule has 0 unspecified atom stereocenters. The maximum atomic E-state index is 13.1. The predicted octanol–water partition coefficient (Wildman–Crippen LogP) is 3.92. The van der Waals surface area contributed by atoms with Gasteiger partial charge < -0.3 is 14.5 Å². The summed E-state index contributed by atoms with van der Waals surface area (Å²) in [7, 11) is 1.36. The fourth-order valence-electron chi connectivity index (χ4n) is 5.90. The minimum atomic E-state index is -0.511. The predicted molar refractivity (Wildman–Crippen MR) is 128 cm³/mol. The topological polar surface area (TPSA) is 93.0 Å². The molecule has 3 heterocycles. The molecule has 180 valence electrons. The largest absolute Gasteiger partial charge is 0.489 e. The molecule has 2 aliphatic heterocycles. The van der Waals surface area contributed by atoms with Gasteiger partial charge in [-0.05, 0) is 54.6 Å². The number of ether oxygens (including phenoxy) is 1. The molecule has 0 bridgehead atoms. The third kappa shape index (κ3) is 4.17. The Bertz CT molecular complexity index is 1100. The molecule has 5 rings (SSSR count). The maximum absolute atomic E-state index is 13.1. The van der Waals surface area contributed by atoms with Gasteiger partial charge in [0.1, 0.15) is 0 Å². The second kappa shape index (κ2) is 9.02. The van der Waals surface area contributed by atoms with E-state index < -0.39 is 4.92 Å². The van der Waals surface area contributed by atoms with Gasteiger partial charge in [0.2, 0.25) is 11.7 Å². The first-order valence-electron chi connectivity index (χ1n) is 11.8. The van der Waals surface area contributed by atoms with Crippen LogP contribution in [0.3, 0.4) is 0 Å². The van der Waals surface area contributed by atoms with E-state index in [9.17, 15) is 19.7 Å². The SMILES string of the molecule is COc1c(C(=O)N2CCC3(CCN(C(=O)CC4Cc5ccccc5C4)CC3)C2)csc1[N+](=O)[O-]. The van der Waals surface area contributed by atoms with Gasteiger partial charge in [-0.3, -0.25) is 19.7 Å². The van der Waals surface area contributed by atoms with Crippen LogP contribution in [0.25, 0.3) is 0 Å². The van der Waals surface area contributed by atoms with Crippen molar-refractivity contribution in [1.82, 2.24) is 9.80 Å². The molecule has 2 amide bonds. The number of benzene rings is 1. The fraction of sp³-hybridized carbons (Fsp3) is 0.520. The summed E-state index contributed by atoms with van der Waals surface area (Å²) in [6.45, 7) is 2.71. The third-order valence-corrected chi connectivity index (χ3v) is 8.74. The molecule has 1 aromatic carbocycles. The summed E-state index contributed by atoms with van der Waals surface area (Å²) < 4.78 is 5.19. The van der Waals surface area contributed by atoms with Crippen LogP contribution in [0, 0.1) is 21.4 Å². The van der Waals surface area contributed by atoms with Crippen LogP contribution in [-0.4, -0.2) is 59.8 Å². The second-order valence-electron chi connectivity index (χ2n) is 9.85. The van der Waals surface area contributed by atoms with Gasteiger partial charge in [-0.1, -0.05) is 35.6 Å². The average molecular weight is 484 g/mol. The van der Waals surface area contributed by atoms with Gasteiger partial charge in [0.15, 0.2) is 0 Å². The van der Waals surface area contributed by atoms with Crippen LogP contribution in [0.2, 0.25) is 0 Å². The summed E-state index contributed by atoms with van der Waals surface area (Å²) in [4.78, 5) is 40.6. The monoisotopic (exact) mass is 483 g/mol. The van der Waals surface area contributed by atoms with E-state index in [0.717, 1.165) is 56.5 Å². The van der Waals surface area contributed by atoms with Crippen LogP contribution in [0.4, 0.5) is 5.00 Å². The minimum absolute atomic E-state index is 0.0191. The lowest BCUT2D eigenvalue weighted by Crippen LogP contribution is -2.45. The van der Waals surface area contributed by atoms with E-state index in [1.807, 2.05) is 4.90 Å². The van der Waals surface area contributed by atoms with Gasteiger partial charge in [-0.15, -0.1) is 0 Å². The summed E-state index contributed by atoms with van der Waals surface area (Å²) >= 11 is 0.920. The standard InChI is InChI=1S/C25H29N3O5S/c1-33-22-20(15-34-24(22)28(31)32)23(30)27-11-8-25(16-27)6-9-26(10-7-25)21(29)14-17-12-18-4-2-3-5-19(18)13-17/h2-5,15,17H,6-14,16H2,1H3. The lowest BCUT2D eigenvalue weighted by molar-refractivity contribution is -0.381. The second-order valence-corrected chi connectivity index (χ2v) is 10.7. The molecular weight excluding hydrogens is 454 g/mol. The number of amides is 2. The van der Waals surface area contributed by atoms with Crippen molar-refractivity contribution in [3.63, 3.8) is 0 Å². The molecule has 0 radical (unpaired) electrons. The zero-order valence-corrected chi connectivity index (χ0v) is 20.1. The Morgan fingerprint density at radius 1 is 1.12 bits per heavy atom. The summed E-state index contributed by atoms with van der Waals surface area (Å²) in [6.07, 6.45) is 5.24. The molecule has 2 fully saturated rings. The van der Waals surface area contributed by atoms with Crippen molar-refractivity contribution < 1.29 is 19.2 Å². The van der Waals surface area contributed by atoms with E-state index in [1.165, 1.54) is 23.6 Å². The number of nitrogens with zero attached hydrogens (tertiary/aromatic N) is 3. The molecule has 3 aliphatic rings. The number of hydrogen-bond acceptors (Lipinski definition) is 6. The lowest BCUT2D eigenvalue weighted by atomic mass is 9.77. The zero-order valence-electron chi connectivity index (χ0n) is 19.3. The Balaban J connectivity index is 1.16. The summed E-state index contributed by atoms with van der Waals surface area (Å²) in [5.41, 5.74) is 3.04. The first-order chi connectivity index (χ1) is 16.4. The number of nitro groups is 1. The highest BCUT2D eigenvalue weighted by atomic mass is 32.1. The summed E-state index contributed by atoms with van der Waals surface area (Å²) in [5.74, 6) is 0.478. The zero-order chi connectivity index (χ0) is 23.9. The highest BCUT2D eigenvalue weighted by molar-refractivity contribution is 7.14. The normalized spacial score (nSPS) is 19.4. The van der Waals surface area contributed by atoms with Crippen LogP contribution in [0.15, 0.2) is 29.6 Å². The molecule has 8 nitrogen and oxygen atoms in total. The highest BCUT2D eigenvalue weighted by Crippen LogP contribution is 2.43. The van der Waals surface area contributed by atoms with Crippen molar-refractivity contribution in [2.45, 2.75) is 38.5 Å². The van der Waals surface area contributed by atoms with Crippen molar-refractivity contribution >= 4 is 28.2 Å². The van der Waals surface area contributed by atoms with Gasteiger partial charge >= 0.3 is 5.00 Å². The number of carbonyl (C=O) groups excluding carboxylic acids is 2. The summed E-state index contributed by atoms with van der Waals surface area (Å²) in [5, 5.41) is 12.6. The number of piperidine rings is 1. The lowest BCUT2D eigenvalue weighted by Gasteiger charge is -2.39. The van der Waals surface area contributed by atoms with Gasteiger partial charge in [-0.25, -0.2) is 0 Å². The van der Waals surface area contributed by atoms with Crippen LogP contribution in [-0.2, 0) is 17.6 Å². The number of methoxy groups -OCH3 is 1. The van der Waals surface area contributed by atoms with E-state index in [2.05, 4.69) is 24.3 Å². The highest BCUT2D eigenvalue weighted by Gasteiger charge is 2.44. The molecule has 34 heavy (non-hydrogen) atoms. The van der Waals surface area contributed by atoms with Crippen molar-refractivity contribution in [1.29, 1.82) is 0 Å². The molecule has 2 saturated heterocycles. The molecular formula is C25H29N3O5S. The van der Waals surface area contributed by atoms with E-state index in [0.29, 0.717) is 25.4 Å². The molecule has 9 heteroatoms. The molecule has 0 saturated carbocycles. The van der Waals surface area contributed by atoms with Crippen molar-refractivity contribution in [2.24, 2.45) is 11.3 Å². The van der Waals surface area contributed by atoms with Crippen LogP contribution in [0.5, 0.6) is 5.75 Å². The van der Waals surface area contributed by atoms with Gasteiger partial charge in [0.25, 0.3) is 5.91 Å². The number of thiophene rings is 1. The van der Waals surface area contributed by atoms with Crippen LogP contribution in [0.1, 0.15) is 47.2 Å². The molecule has 2 aromatic rings. The summed E-state index contributed by atoms with van der Waals surface area (Å²) in [6, 6.07) is 8.47. The van der Waals surface area contributed by atoms with Gasteiger partial charge in [0, 0.05) is 38.0 Å². The smallest absolute Gasteiger partial charge is 0.366 e. The number of likely N-dealkylation sites (tertiary alicyclic amines) is 2. The average Bonchev–Trinajstić information content (AvgIpc) is 3.55. The number of fused-ring (bicyclic) bond motifs is 1. The number of hydrogen-bond donors (Lipinski definition) is 0. The molecule has 0 N–H and O–H groups in total. The molecule has 1 aliphatic carbocycles. The van der Waals surface area contributed by atoms with Gasteiger partial charge in [0.05, 0.1) is 17.6 Å². The van der Waals surface area contributed by atoms with Crippen molar-refractivity contribution in [3.05, 3.63) is 56.5 Å². The minimum Gasteiger partial charge on any atom is -0.489 e. The Kier molecular flexibility index (Phi) is 6.06. The maximum Gasteiger partial charge on any atom is 0.366 e. The van der Waals surface area contributed by atoms with E-state index in [1.54, 1.807) is 4.90 Å². The van der Waals surface area contributed by atoms with Crippen molar-refractivity contribution in [2.75, 3.05) is 33.3 Å². The van der Waals surface area contributed by atoms with Crippen LogP contribution < -0.4 is 4.74 Å². The van der Waals surface area contributed by atoms with E-state index in [-0.39, 0.29) is 33.5 Å². The van der Waals surface area contributed by atoms with Gasteiger partial charge in [-0.2, -0.15) is 0 Å². The Hall–Kier alpha value is -2.94. The number of rotatable bonds is 5. The Labute approximate surface area is 202 Å². The quantitative estimate of drug-likeness (QED) is 0.475. The van der Waals surface area contributed by atoms with E-state index >= 15 is 0 Å². The van der Waals surface area contributed by atoms with Crippen LogP contribution >= 0.6 is 11.3 Å². The fourth-order valence-corrected chi connectivity index (χ4v) is 6.72. The Morgan fingerprint density at radius 3 is 2.32 bits per heavy atom. The first-order valence-corrected chi connectivity index (χ1v) is 12.7. The first kappa shape index (κ1) is 22.8. The van der Waals surface area contributed by atoms with E-state index in [4.69, 9.17) is 4.74 Å². The third-order valence-electron chi connectivity index (χ3n) is 7.83. The Morgan fingerprint density at radius 2 is 1.74 bits per heavy atom. The number of carbonyl (C=O) groups is 2. The molecule has 0 atom stereocenters. The molecule has 1 spiro atoms.